The van der Waals surface area contributed by atoms with Gasteiger partial charge in [-0.1, -0.05) is 15.9 Å². The number of hydrogen-bond donors (Lipinski definition) is 0. The summed E-state index contributed by atoms with van der Waals surface area (Å²) in [5, 5.41) is 0. The van der Waals surface area contributed by atoms with Crippen LogP contribution in [0.25, 0.3) is 0 Å². The standard InChI is InChI=1S/C8H6BrF2I/c1-4(9)7-5(10)2-3-6(12)8(7)11/h2-4H,1H3. The first kappa shape index (κ1) is 10.4. The van der Waals surface area contributed by atoms with E-state index in [4.69, 9.17) is 0 Å². The summed E-state index contributed by atoms with van der Waals surface area (Å²) in [5.41, 5.74) is 0.0990. The minimum Gasteiger partial charge on any atom is -0.207 e. The second-order valence-corrected chi connectivity index (χ2v) is 4.91. The Kier molecular flexibility index (Phi) is 3.46. The van der Waals surface area contributed by atoms with Crippen LogP contribution in [0.2, 0.25) is 0 Å². The van der Waals surface area contributed by atoms with Gasteiger partial charge in [-0.15, -0.1) is 0 Å². The molecule has 1 unspecified atom stereocenters. The summed E-state index contributed by atoms with van der Waals surface area (Å²) in [7, 11) is 0. The van der Waals surface area contributed by atoms with Crippen molar-refractivity contribution in [3.8, 4) is 0 Å². The van der Waals surface area contributed by atoms with Crippen molar-refractivity contribution in [1.82, 2.24) is 0 Å². The van der Waals surface area contributed by atoms with Crippen molar-refractivity contribution in [1.29, 1.82) is 0 Å². The molecular weight excluding hydrogens is 341 g/mol. The van der Waals surface area contributed by atoms with Crippen LogP contribution in [0, 0.1) is 15.2 Å². The fourth-order valence-electron chi connectivity index (χ4n) is 0.907. The SMILES string of the molecule is CC(Br)c1c(F)ccc(I)c1F. The van der Waals surface area contributed by atoms with Crippen LogP contribution in [0.4, 0.5) is 8.78 Å². The first-order valence-electron chi connectivity index (χ1n) is 3.31. The Bertz CT molecular complexity index is 299. The van der Waals surface area contributed by atoms with Gasteiger partial charge < -0.3 is 0 Å². The van der Waals surface area contributed by atoms with Gasteiger partial charge in [0.05, 0.1) is 0 Å². The predicted octanol–water partition coefficient (Wildman–Crippen LogP) is 4.03. The van der Waals surface area contributed by atoms with Crippen LogP contribution in [0.15, 0.2) is 12.1 Å². The number of halogens is 4. The van der Waals surface area contributed by atoms with Crippen LogP contribution < -0.4 is 0 Å². The van der Waals surface area contributed by atoms with Crippen molar-refractivity contribution < 1.29 is 8.78 Å². The lowest BCUT2D eigenvalue weighted by Gasteiger charge is -2.07. The smallest absolute Gasteiger partial charge is 0.143 e. The Morgan fingerprint density at radius 2 is 2.00 bits per heavy atom. The molecule has 1 atom stereocenters. The van der Waals surface area contributed by atoms with Crippen molar-refractivity contribution in [3.05, 3.63) is 32.9 Å². The third-order valence-corrected chi connectivity index (χ3v) is 2.77. The van der Waals surface area contributed by atoms with Gasteiger partial charge in [-0.05, 0) is 41.6 Å². The Labute approximate surface area is 91.6 Å². The Hall–Kier alpha value is 0.290. The molecule has 1 aromatic rings. The van der Waals surface area contributed by atoms with Crippen molar-refractivity contribution >= 4 is 38.5 Å². The van der Waals surface area contributed by atoms with Crippen LogP contribution in [-0.4, -0.2) is 0 Å². The van der Waals surface area contributed by atoms with E-state index in [9.17, 15) is 8.78 Å². The third kappa shape index (κ3) is 1.96. The molecule has 0 aliphatic rings. The Balaban J connectivity index is 3.33. The highest BCUT2D eigenvalue weighted by Crippen LogP contribution is 2.29. The molecule has 1 rings (SSSR count). The minimum absolute atomic E-state index is 0.0990. The summed E-state index contributed by atoms with van der Waals surface area (Å²) in [4.78, 5) is -0.299. The molecule has 0 fully saturated rings. The second kappa shape index (κ2) is 4.00. The van der Waals surface area contributed by atoms with Gasteiger partial charge in [0.15, 0.2) is 0 Å². The van der Waals surface area contributed by atoms with Gasteiger partial charge in [0.1, 0.15) is 11.6 Å². The molecule has 0 amide bonds. The van der Waals surface area contributed by atoms with Crippen LogP contribution in [0.3, 0.4) is 0 Å². The van der Waals surface area contributed by atoms with Gasteiger partial charge in [0, 0.05) is 14.0 Å². The fourth-order valence-corrected chi connectivity index (χ4v) is 1.80. The molecule has 4 heteroatoms. The molecule has 0 N–H and O–H groups in total. The zero-order chi connectivity index (χ0) is 9.30. The quantitative estimate of drug-likeness (QED) is 0.409. The summed E-state index contributed by atoms with van der Waals surface area (Å²) in [5.74, 6) is -0.975. The zero-order valence-electron chi connectivity index (χ0n) is 6.24. The van der Waals surface area contributed by atoms with Gasteiger partial charge in [-0.25, -0.2) is 8.78 Å². The Morgan fingerprint density at radius 3 is 2.42 bits per heavy atom. The van der Waals surface area contributed by atoms with E-state index in [2.05, 4.69) is 15.9 Å². The highest BCUT2D eigenvalue weighted by Gasteiger charge is 2.15. The molecule has 1 aromatic carbocycles. The molecule has 0 bridgehead atoms. The van der Waals surface area contributed by atoms with Crippen molar-refractivity contribution in [3.63, 3.8) is 0 Å². The van der Waals surface area contributed by atoms with Gasteiger partial charge in [-0.3, -0.25) is 0 Å². The average molecular weight is 347 g/mol. The van der Waals surface area contributed by atoms with Crippen LogP contribution in [-0.2, 0) is 0 Å². The molecule has 12 heavy (non-hydrogen) atoms. The van der Waals surface area contributed by atoms with Gasteiger partial charge in [-0.2, -0.15) is 0 Å². The molecule has 0 heterocycles. The van der Waals surface area contributed by atoms with Gasteiger partial charge >= 0.3 is 0 Å². The van der Waals surface area contributed by atoms with Gasteiger partial charge in [0.2, 0.25) is 0 Å². The predicted molar refractivity (Wildman–Crippen MR) is 56.4 cm³/mol. The maximum Gasteiger partial charge on any atom is 0.143 e. The molecule has 0 radical (unpaired) electrons. The first-order valence-corrected chi connectivity index (χ1v) is 5.31. The highest BCUT2D eigenvalue weighted by atomic mass is 127. The van der Waals surface area contributed by atoms with Crippen LogP contribution in [0.5, 0.6) is 0 Å². The van der Waals surface area contributed by atoms with Gasteiger partial charge in [0.25, 0.3) is 0 Å². The molecule has 66 valence electrons. The topological polar surface area (TPSA) is 0 Å². The number of hydrogen-bond acceptors (Lipinski definition) is 0. The first-order chi connectivity index (χ1) is 5.54. The van der Waals surface area contributed by atoms with E-state index in [1.54, 1.807) is 6.92 Å². The van der Waals surface area contributed by atoms with E-state index in [1.165, 1.54) is 12.1 Å². The lowest BCUT2D eigenvalue weighted by atomic mass is 10.1. The van der Waals surface area contributed by atoms with E-state index in [0.717, 1.165) is 0 Å². The normalized spacial score (nSPS) is 13.1. The molecular formula is C8H6BrF2I. The number of benzene rings is 1. The lowest BCUT2D eigenvalue weighted by Crippen LogP contribution is -1.97. The maximum atomic E-state index is 13.2. The molecule has 0 saturated carbocycles. The average Bonchev–Trinajstić information content (AvgIpc) is 1.97. The number of rotatable bonds is 1. The number of alkyl halides is 1. The van der Waals surface area contributed by atoms with E-state index in [-0.39, 0.29) is 10.4 Å². The summed E-state index contributed by atoms with van der Waals surface area (Å²) < 4.78 is 26.7. The van der Waals surface area contributed by atoms with Crippen molar-refractivity contribution in [2.75, 3.05) is 0 Å². The van der Waals surface area contributed by atoms with E-state index < -0.39 is 11.6 Å². The molecule has 0 nitrogen and oxygen atoms in total. The molecule has 0 aromatic heterocycles. The summed E-state index contributed by atoms with van der Waals surface area (Å²) in [6.07, 6.45) is 0. The molecule has 0 aliphatic carbocycles. The van der Waals surface area contributed by atoms with Crippen LogP contribution in [0.1, 0.15) is 17.3 Å². The summed E-state index contributed by atoms with van der Waals surface area (Å²) >= 11 is 4.97. The fraction of sp³-hybridized carbons (Fsp3) is 0.250. The van der Waals surface area contributed by atoms with E-state index >= 15 is 0 Å². The molecule has 0 saturated heterocycles. The monoisotopic (exact) mass is 346 g/mol. The second-order valence-electron chi connectivity index (χ2n) is 2.37. The van der Waals surface area contributed by atoms with Crippen molar-refractivity contribution in [2.24, 2.45) is 0 Å². The van der Waals surface area contributed by atoms with Crippen molar-refractivity contribution in [2.45, 2.75) is 11.8 Å². The minimum atomic E-state index is -0.503. The molecule has 0 aliphatic heterocycles. The Morgan fingerprint density at radius 1 is 1.42 bits per heavy atom. The largest absolute Gasteiger partial charge is 0.207 e. The molecule has 0 spiro atoms. The van der Waals surface area contributed by atoms with E-state index in [0.29, 0.717) is 3.57 Å². The zero-order valence-corrected chi connectivity index (χ0v) is 9.99. The summed E-state index contributed by atoms with van der Waals surface area (Å²) in [6, 6.07) is 2.70. The summed E-state index contributed by atoms with van der Waals surface area (Å²) in [6.45, 7) is 1.69. The third-order valence-electron chi connectivity index (χ3n) is 1.48. The maximum absolute atomic E-state index is 13.2. The lowest BCUT2D eigenvalue weighted by molar-refractivity contribution is 0.553. The van der Waals surface area contributed by atoms with Crippen LogP contribution >= 0.6 is 38.5 Å². The highest BCUT2D eigenvalue weighted by molar-refractivity contribution is 14.1. The van der Waals surface area contributed by atoms with E-state index in [1.807, 2.05) is 22.6 Å².